The molecule has 0 radical (unpaired) electrons. The van der Waals surface area contributed by atoms with Gasteiger partial charge in [0.2, 0.25) is 0 Å². The minimum Gasteiger partial charge on any atom is -0.332 e. The predicted molar refractivity (Wildman–Crippen MR) is 241 cm³/mol. The van der Waals surface area contributed by atoms with Crippen LogP contribution in [0.25, 0.3) is 0 Å². The molecule has 2 atom stereocenters. The fraction of sp³-hybridized carbons (Fsp3) is 0.941. The number of aromatic nitrogens is 2. The molecule has 2 heteroatoms. The molecule has 53 heavy (non-hydrogen) atoms. The van der Waals surface area contributed by atoms with Gasteiger partial charge in [-0.2, -0.15) is 0 Å². The number of hydrogen-bond acceptors (Lipinski definition) is 1. The Bertz CT molecular complexity index is 813. The third kappa shape index (κ3) is 32.0. The molecule has 1 heterocycles. The van der Waals surface area contributed by atoms with Crippen molar-refractivity contribution < 1.29 is 0 Å². The summed E-state index contributed by atoms with van der Waals surface area (Å²) in [7, 11) is 0. The Balaban J connectivity index is 2.34. The third-order valence-corrected chi connectivity index (χ3v) is 12.6. The molecule has 0 spiro atoms. The van der Waals surface area contributed by atoms with Crippen LogP contribution in [0.1, 0.15) is 315 Å². The highest BCUT2D eigenvalue weighted by atomic mass is 15.1. The molecule has 1 aromatic rings. The first-order valence-corrected chi connectivity index (χ1v) is 25.3. The van der Waals surface area contributed by atoms with E-state index in [-0.39, 0.29) is 0 Å². The van der Waals surface area contributed by atoms with E-state index < -0.39 is 0 Å². The number of nitrogens with zero attached hydrogens (tertiary/aromatic N) is 2. The van der Waals surface area contributed by atoms with E-state index in [4.69, 9.17) is 4.98 Å². The molecule has 0 amide bonds. The van der Waals surface area contributed by atoms with Gasteiger partial charge in [0, 0.05) is 24.4 Å². The molecule has 2 unspecified atom stereocenters. The summed E-state index contributed by atoms with van der Waals surface area (Å²) < 4.78 is 2.61. The summed E-state index contributed by atoms with van der Waals surface area (Å²) in [6.45, 7) is 9.42. The second-order valence-corrected chi connectivity index (χ2v) is 17.8. The monoisotopic (exact) mass is 741 g/mol. The summed E-state index contributed by atoms with van der Waals surface area (Å²) in [5.74, 6) is 2.07. The second kappa shape index (κ2) is 40.9. The molecule has 2 nitrogen and oxygen atoms in total. The summed E-state index contributed by atoms with van der Waals surface area (Å²) in [5, 5.41) is 0. The zero-order valence-corrected chi connectivity index (χ0v) is 37.4. The first kappa shape index (κ1) is 50.2. The van der Waals surface area contributed by atoms with Crippen LogP contribution >= 0.6 is 0 Å². The highest BCUT2D eigenvalue weighted by Gasteiger charge is 2.19. The van der Waals surface area contributed by atoms with Crippen molar-refractivity contribution in [1.29, 1.82) is 0 Å². The maximum Gasteiger partial charge on any atom is 0.111 e. The van der Waals surface area contributed by atoms with Crippen molar-refractivity contribution in [2.75, 3.05) is 0 Å². The topological polar surface area (TPSA) is 17.8 Å². The largest absolute Gasteiger partial charge is 0.332 e. The smallest absolute Gasteiger partial charge is 0.111 e. The highest BCUT2D eigenvalue weighted by molar-refractivity contribution is 5.02. The molecule has 0 aliphatic carbocycles. The van der Waals surface area contributed by atoms with E-state index in [1.807, 2.05) is 0 Å². The molecule has 0 aliphatic rings. The molecule has 0 saturated heterocycles. The first-order valence-electron chi connectivity index (χ1n) is 25.3. The average molecular weight is 741 g/mol. The van der Waals surface area contributed by atoms with Crippen LogP contribution in [0.5, 0.6) is 0 Å². The first-order chi connectivity index (χ1) is 26.2. The minimum absolute atomic E-state index is 0.584. The predicted octanol–water partition coefficient (Wildman–Crippen LogP) is 19.0. The molecule has 0 fully saturated rings. The van der Waals surface area contributed by atoms with Gasteiger partial charge in [-0.15, -0.1) is 0 Å². The standard InChI is InChI=1S/C51H100N2/c1-5-8-11-14-17-20-23-25-26-28-30-32-35-38-41-44-49(4)53-48-47-52-51(53)50(45-42-39-36-33-29-22-19-16-13-10-7-3)46-43-40-37-34-31-27-24-21-18-15-12-9-6-2/h47-50H,5-46H2,1-4H3. The average Bonchev–Trinajstić information content (AvgIpc) is 3.66. The lowest BCUT2D eigenvalue weighted by Crippen LogP contribution is -2.13. The maximum atomic E-state index is 5.07. The van der Waals surface area contributed by atoms with Crippen LogP contribution in [0, 0.1) is 0 Å². The van der Waals surface area contributed by atoms with E-state index >= 15 is 0 Å². The van der Waals surface area contributed by atoms with Crippen LogP contribution < -0.4 is 0 Å². The minimum atomic E-state index is 0.584. The van der Waals surface area contributed by atoms with Gasteiger partial charge < -0.3 is 4.57 Å². The van der Waals surface area contributed by atoms with Crippen molar-refractivity contribution in [3.8, 4) is 0 Å². The maximum absolute atomic E-state index is 5.07. The summed E-state index contributed by atoms with van der Waals surface area (Å²) in [4.78, 5) is 5.07. The van der Waals surface area contributed by atoms with Crippen LogP contribution in [0.2, 0.25) is 0 Å². The lowest BCUT2D eigenvalue weighted by molar-refractivity contribution is 0.412. The summed E-state index contributed by atoms with van der Waals surface area (Å²) in [5.41, 5.74) is 0. The normalized spacial score (nSPS) is 12.9. The van der Waals surface area contributed by atoms with Crippen molar-refractivity contribution in [3.05, 3.63) is 18.2 Å². The number of imidazole rings is 1. The van der Waals surface area contributed by atoms with Crippen molar-refractivity contribution in [3.63, 3.8) is 0 Å². The number of rotatable bonds is 44. The molecule has 0 N–H and O–H groups in total. The fourth-order valence-corrected chi connectivity index (χ4v) is 8.83. The molecule has 0 saturated carbocycles. The van der Waals surface area contributed by atoms with E-state index in [1.54, 1.807) is 0 Å². The number of hydrogen-bond donors (Lipinski definition) is 0. The van der Waals surface area contributed by atoms with Gasteiger partial charge in [-0.05, 0) is 26.2 Å². The van der Waals surface area contributed by atoms with E-state index in [0.29, 0.717) is 12.0 Å². The van der Waals surface area contributed by atoms with E-state index in [0.717, 1.165) is 0 Å². The van der Waals surface area contributed by atoms with Gasteiger partial charge >= 0.3 is 0 Å². The quantitative estimate of drug-likeness (QED) is 0.0609. The zero-order valence-electron chi connectivity index (χ0n) is 37.4. The van der Waals surface area contributed by atoms with Crippen LogP contribution in [-0.2, 0) is 0 Å². The molecular weight excluding hydrogens is 641 g/mol. The van der Waals surface area contributed by atoms with Crippen molar-refractivity contribution in [1.82, 2.24) is 9.55 Å². The van der Waals surface area contributed by atoms with Gasteiger partial charge in [0.15, 0.2) is 0 Å². The van der Waals surface area contributed by atoms with Crippen molar-refractivity contribution >= 4 is 0 Å². The summed E-state index contributed by atoms with van der Waals surface area (Å²) in [6.07, 6.45) is 64.6. The Hall–Kier alpha value is -0.790. The van der Waals surface area contributed by atoms with Gasteiger partial charge in [-0.1, -0.05) is 271 Å². The zero-order chi connectivity index (χ0) is 38.1. The summed E-state index contributed by atoms with van der Waals surface area (Å²) >= 11 is 0. The van der Waals surface area contributed by atoms with E-state index in [1.165, 1.54) is 275 Å². The fourth-order valence-electron chi connectivity index (χ4n) is 8.83. The Morgan fingerprint density at radius 3 is 0.887 bits per heavy atom. The highest BCUT2D eigenvalue weighted by Crippen LogP contribution is 2.31. The van der Waals surface area contributed by atoms with E-state index in [2.05, 4.69) is 44.7 Å². The Labute approximate surface area is 336 Å². The van der Waals surface area contributed by atoms with Crippen molar-refractivity contribution in [2.24, 2.45) is 0 Å². The van der Waals surface area contributed by atoms with Crippen LogP contribution in [0.4, 0.5) is 0 Å². The van der Waals surface area contributed by atoms with Crippen LogP contribution in [0.3, 0.4) is 0 Å². The second-order valence-electron chi connectivity index (χ2n) is 17.8. The molecule has 0 bridgehead atoms. The Morgan fingerprint density at radius 2 is 0.604 bits per heavy atom. The van der Waals surface area contributed by atoms with Gasteiger partial charge in [0.05, 0.1) is 0 Å². The molecule has 0 aliphatic heterocycles. The molecule has 314 valence electrons. The molecular formula is C51H100N2. The molecule has 0 aromatic carbocycles. The Kier molecular flexibility index (Phi) is 38.7. The Morgan fingerprint density at radius 1 is 0.358 bits per heavy atom. The number of unbranched alkanes of at least 4 members (excludes halogenated alkanes) is 36. The lowest BCUT2D eigenvalue weighted by atomic mass is 9.92. The van der Waals surface area contributed by atoms with Gasteiger partial charge in [0.1, 0.15) is 5.82 Å². The SMILES string of the molecule is CCCCCCCCCCCCCCCCCC(C)n1ccnc1C(CCCCCCCCCCCCC)CCCCCCCCCCCCCCC. The van der Waals surface area contributed by atoms with Gasteiger partial charge in [-0.25, -0.2) is 4.98 Å². The van der Waals surface area contributed by atoms with Crippen LogP contribution in [-0.4, -0.2) is 9.55 Å². The molecule has 1 aromatic heterocycles. The van der Waals surface area contributed by atoms with Crippen LogP contribution in [0.15, 0.2) is 12.4 Å². The third-order valence-electron chi connectivity index (χ3n) is 12.6. The summed E-state index contributed by atoms with van der Waals surface area (Å²) in [6, 6.07) is 0.584. The lowest BCUT2D eigenvalue weighted by Gasteiger charge is -2.22. The van der Waals surface area contributed by atoms with Gasteiger partial charge in [0.25, 0.3) is 0 Å². The van der Waals surface area contributed by atoms with E-state index in [9.17, 15) is 0 Å². The van der Waals surface area contributed by atoms with Gasteiger partial charge in [-0.3, -0.25) is 0 Å². The molecule has 1 rings (SSSR count). The van der Waals surface area contributed by atoms with Crippen molar-refractivity contribution in [2.45, 2.75) is 309 Å².